The maximum atomic E-state index is 13.9. The molecule has 2 rings (SSSR count). The van der Waals surface area contributed by atoms with Gasteiger partial charge >= 0.3 is 6.09 Å². The minimum absolute atomic E-state index is 0.116. The zero-order valence-corrected chi connectivity index (χ0v) is 17.0. The number of halogens is 1. The van der Waals surface area contributed by atoms with E-state index in [4.69, 9.17) is 15.2 Å². The molecule has 9 heteroatoms. The molecule has 30 heavy (non-hydrogen) atoms. The number of amides is 3. The quantitative estimate of drug-likeness (QED) is 0.639. The highest BCUT2D eigenvalue weighted by Crippen LogP contribution is 2.21. The van der Waals surface area contributed by atoms with Crippen molar-refractivity contribution in [2.45, 2.75) is 32.8 Å². The van der Waals surface area contributed by atoms with Crippen molar-refractivity contribution in [3.8, 4) is 5.75 Å². The SMILES string of the molecule is CC(C)(C)OC(=O)Nc1cc(NC(=O)COc2ccc(CC(N)=O)cc2)ccc1F. The van der Waals surface area contributed by atoms with Crippen LogP contribution in [0.3, 0.4) is 0 Å². The molecule has 0 aliphatic rings. The monoisotopic (exact) mass is 417 g/mol. The molecule has 160 valence electrons. The zero-order chi connectivity index (χ0) is 22.3. The summed E-state index contributed by atoms with van der Waals surface area (Å²) in [4.78, 5) is 34.8. The van der Waals surface area contributed by atoms with Crippen LogP contribution >= 0.6 is 0 Å². The molecule has 0 radical (unpaired) electrons. The summed E-state index contributed by atoms with van der Waals surface area (Å²) in [5, 5.41) is 4.86. The fraction of sp³-hybridized carbons (Fsp3) is 0.286. The van der Waals surface area contributed by atoms with E-state index < -0.39 is 29.3 Å². The Morgan fingerprint density at radius 1 is 1.03 bits per heavy atom. The molecule has 0 fully saturated rings. The molecule has 0 spiro atoms. The van der Waals surface area contributed by atoms with Crippen LogP contribution in [-0.2, 0) is 20.7 Å². The molecule has 0 bridgehead atoms. The van der Waals surface area contributed by atoms with Gasteiger partial charge in [-0.05, 0) is 56.7 Å². The lowest BCUT2D eigenvalue weighted by Crippen LogP contribution is -2.27. The van der Waals surface area contributed by atoms with Gasteiger partial charge in [-0.15, -0.1) is 0 Å². The van der Waals surface area contributed by atoms with Crippen LogP contribution in [0.5, 0.6) is 5.75 Å². The van der Waals surface area contributed by atoms with E-state index in [9.17, 15) is 18.8 Å². The Balaban J connectivity index is 1.92. The first-order chi connectivity index (χ1) is 14.0. The van der Waals surface area contributed by atoms with E-state index in [1.165, 1.54) is 12.1 Å². The van der Waals surface area contributed by atoms with Gasteiger partial charge in [0.15, 0.2) is 6.61 Å². The summed E-state index contributed by atoms with van der Waals surface area (Å²) in [6.45, 7) is 4.77. The van der Waals surface area contributed by atoms with Gasteiger partial charge < -0.3 is 20.5 Å². The number of primary amides is 1. The lowest BCUT2D eigenvalue weighted by Gasteiger charge is -2.20. The zero-order valence-electron chi connectivity index (χ0n) is 17.0. The van der Waals surface area contributed by atoms with Gasteiger partial charge in [0, 0.05) is 5.69 Å². The number of ether oxygens (including phenoxy) is 2. The lowest BCUT2D eigenvalue weighted by atomic mass is 10.1. The molecule has 8 nitrogen and oxygen atoms in total. The Morgan fingerprint density at radius 2 is 1.70 bits per heavy atom. The highest BCUT2D eigenvalue weighted by atomic mass is 19.1. The molecule has 4 N–H and O–H groups in total. The van der Waals surface area contributed by atoms with Gasteiger partial charge in [-0.1, -0.05) is 12.1 Å². The van der Waals surface area contributed by atoms with Crippen molar-refractivity contribution < 1.29 is 28.2 Å². The molecule has 0 heterocycles. The molecule has 2 aromatic rings. The molecular formula is C21H24FN3O5. The van der Waals surface area contributed by atoms with Gasteiger partial charge in [0.1, 0.15) is 17.2 Å². The highest BCUT2D eigenvalue weighted by Gasteiger charge is 2.18. The molecule has 0 saturated carbocycles. The molecule has 0 atom stereocenters. The summed E-state index contributed by atoms with van der Waals surface area (Å²) in [7, 11) is 0. The number of hydrogen-bond donors (Lipinski definition) is 3. The summed E-state index contributed by atoms with van der Waals surface area (Å²) >= 11 is 0. The van der Waals surface area contributed by atoms with Crippen molar-refractivity contribution in [1.29, 1.82) is 0 Å². The normalized spacial score (nSPS) is 10.8. The van der Waals surface area contributed by atoms with Crippen LogP contribution in [0.15, 0.2) is 42.5 Å². The van der Waals surface area contributed by atoms with E-state index in [-0.39, 0.29) is 24.4 Å². The number of carbonyl (C=O) groups excluding carboxylic acids is 3. The van der Waals surface area contributed by atoms with Gasteiger partial charge in [-0.2, -0.15) is 0 Å². The number of nitrogens with one attached hydrogen (secondary N) is 2. The minimum atomic E-state index is -0.812. The molecule has 0 aliphatic carbocycles. The second-order valence-corrected chi connectivity index (χ2v) is 7.45. The second-order valence-electron chi connectivity index (χ2n) is 7.45. The summed E-state index contributed by atoms with van der Waals surface area (Å²) in [5.74, 6) is -1.16. The minimum Gasteiger partial charge on any atom is -0.484 e. The molecular weight excluding hydrogens is 393 g/mol. The van der Waals surface area contributed by atoms with E-state index in [1.807, 2.05) is 0 Å². The molecule has 0 aromatic heterocycles. The Kier molecular flexibility index (Phi) is 7.35. The first-order valence-electron chi connectivity index (χ1n) is 9.11. The fourth-order valence-corrected chi connectivity index (χ4v) is 2.36. The van der Waals surface area contributed by atoms with Crippen molar-refractivity contribution in [3.05, 3.63) is 53.8 Å². The van der Waals surface area contributed by atoms with Gasteiger partial charge in [-0.25, -0.2) is 9.18 Å². The third-order valence-corrected chi connectivity index (χ3v) is 3.56. The maximum Gasteiger partial charge on any atom is 0.412 e. The summed E-state index contributed by atoms with van der Waals surface area (Å²) in [6.07, 6.45) is -0.696. The van der Waals surface area contributed by atoms with E-state index >= 15 is 0 Å². The van der Waals surface area contributed by atoms with Crippen molar-refractivity contribution in [1.82, 2.24) is 0 Å². The van der Waals surface area contributed by atoms with Crippen LogP contribution in [0.25, 0.3) is 0 Å². The number of nitrogens with two attached hydrogens (primary N) is 1. The smallest absolute Gasteiger partial charge is 0.412 e. The third-order valence-electron chi connectivity index (χ3n) is 3.56. The second kappa shape index (κ2) is 9.73. The number of benzene rings is 2. The Labute approximate surface area is 173 Å². The van der Waals surface area contributed by atoms with Gasteiger partial charge in [0.2, 0.25) is 5.91 Å². The van der Waals surface area contributed by atoms with Crippen LogP contribution in [0.1, 0.15) is 26.3 Å². The number of carbonyl (C=O) groups is 3. The molecule has 0 saturated heterocycles. The fourth-order valence-electron chi connectivity index (χ4n) is 2.36. The first kappa shape index (κ1) is 22.7. The number of hydrogen-bond acceptors (Lipinski definition) is 5. The number of rotatable bonds is 7. The van der Waals surface area contributed by atoms with Gasteiger partial charge in [-0.3, -0.25) is 14.9 Å². The lowest BCUT2D eigenvalue weighted by molar-refractivity contribution is -0.118. The Bertz CT molecular complexity index is 923. The van der Waals surface area contributed by atoms with Crippen LogP contribution in [0.2, 0.25) is 0 Å². The van der Waals surface area contributed by atoms with Gasteiger partial charge in [0.05, 0.1) is 12.1 Å². The summed E-state index contributed by atoms with van der Waals surface area (Å²) in [6, 6.07) is 10.3. The van der Waals surface area contributed by atoms with Crippen molar-refractivity contribution in [2.24, 2.45) is 5.73 Å². The average molecular weight is 417 g/mol. The Morgan fingerprint density at radius 3 is 2.30 bits per heavy atom. The van der Waals surface area contributed by atoms with Crippen molar-refractivity contribution >= 4 is 29.3 Å². The van der Waals surface area contributed by atoms with Crippen LogP contribution in [0.4, 0.5) is 20.6 Å². The average Bonchev–Trinajstić information content (AvgIpc) is 2.62. The highest BCUT2D eigenvalue weighted by molar-refractivity contribution is 5.93. The summed E-state index contributed by atoms with van der Waals surface area (Å²) < 4.78 is 24.4. The van der Waals surface area contributed by atoms with Crippen LogP contribution in [0, 0.1) is 5.82 Å². The van der Waals surface area contributed by atoms with Gasteiger partial charge in [0.25, 0.3) is 5.91 Å². The van der Waals surface area contributed by atoms with E-state index in [2.05, 4.69) is 10.6 Å². The summed E-state index contributed by atoms with van der Waals surface area (Å²) in [5.41, 5.74) is 5.27. The van der Waals surface area contributed by atoms with E-state index in [1.54, 1.807) is 45.0 Å². The predicted octanol–water partition coefficient (Wildman–Crippen LogP) is 3.22. The van der Waals surface area contributed by atoms with Crippen LogP contribution < -0.4 is 21.1 Å². The van der Waals surface area contributed by atoms with Crippen molar-refractivity contribution in [3.63, 3.8) is 0 Å². The molecule has 0 unspecified atom stereocenters. The van der Waals surface area contributed by atoms with Crippen LogP contribution in [-0.4, -0.2) is 30.1 Å². The maximum absolute atomic E-state index is 13.9. The standard InChI is InChI=1S/C21H24FN3O5/c1-21(2,3)30-20(28)25-17-11-14(6-9-16(17)22)24-19(27)12-29-15-7-4-13(5-8-15)10-18(23)26/h4-9,11H,10,12H2,1-3H3,(H2,23,26)(H,24,27)(H,25,28). The number of anilines is 2. The topological polar surface area (TPSA) is 120 Å². The molecule has 3 amide bonds. The predicted molar refractivity (Wildman–Crippen MR) is 110 cm³/mol. The van der Waals surface area contributed by atoms with Crippen molar-refractivity contribution in [2.75, 3.05) is 17.2 Å². The first-order valence-corrected chi connectivity index (χ1v) is 9.11. The Hall–Kier alpha value is -3.62. The van der Waals surface area contributed by atoms with E-state index in [0.29, 0.717) is 5.75 Å². The van der Waals surface area contributed by atoms with E-state index in [0.717, 1.165) is 11.6 Å². The molecule has 2 aromatic carbocycles. The third kappa shape index (κ3) is 7.78. The largest absolute Gasteiger partial charge is 0.484 e. The molecule has 0 aliphatic heterocycles.